The molecule has 0 aliphatic heterocycles. The molecule has 4 heteroatoms. The Labute approximate surface area is 108 Å². The fourth-order valence-electron chi connectivity index (χ4n) is 1.86. The Balaban J connectivity index is 2.73. The van der Waals surface area contributed by atoms with Crippen LogP contribution in [0.2, 0.25) is 0 Å². The Morgan fingerprint density at radius 1 is 1.17 bits per heavy atom. The van der Waals surface area contributed by atoms with Crippen molar-refractivity contribution < 1.29 is 9.59 Å². The Morgan fingerprint density at radius 2 is 1.78 bits per heavy atom. The van der Waals surface area contributed by atoms with Gasteiger partial charge < -0.3 is 10.6 Å². The van der Waals surface area contributed by atoms with Crippen molar-refractivity contribution in [2.75, 3.05) is 13.6 Å². The Bertz CT molecular complexity index is 481. The van der Waals surface area contributed by atoms with Gasteiger partial charge in [-0.15, -0.1) is 0 Å². The molecule has 0 aliphatic rings. The second-order valence-corrected chi connectivity index (χ2v) is 4.63. The van der Waals surface area contributed by atoms with E-state index in [1.807, 2.05) is 0 Å². The van der Waals surface area contributed by atoms with Crippen LogP contribution in [-0.2, 0) is 16.0 Å². The maximum absolute atomic E-state index is 11.3. The first-order valence-corrected chi connectivity index (χ1v) is 5.95. The largest absolute Gasteiger partial charge is 0.361 e. The number of nitrogens with zero attached hydrogens (tertiary/aromatic N) is 1. The van der Waals surface area contributed by atoms with E-state index in [0.717, 1.165) is 6.42 Å². The van der Waals surface area contributed by atoms with E-state index < -0.39 is 11.8 Å². The molecule has 0 bridgehead atoms. The molecule has 0 saturated heterocycles. The lowest BCUT2D eigenvalue weighted by atomic mass is 9.97. The fourth-order valence-corrected chi connectivity index (χ4v) is 1.86. The summed E-state index contributed by atoms with van der Waals surface area (Å²) in [6.45, 7) is 6.74. The van der Waals surface area contributed by atoms with Crippen LogP contribution in [0.1, 0.15) is 22.3 Å². The summed E-state index contributed by atoms with van der Waals surface area (Å²) < 4.78 is 0. The molecule has 1 aromatic rings. The standard InChI is InChI=1S/C14H20N2O2/c1-9-5-6-12(11(3)10(9)2)7-8-16(4)14(18)13(15)17/h5-6H,7-8H2,1-4H3,(H2,15,17). The molecule has 0 fully saturated rings. The Hall–Kier alpha value is -1.84. The first-order valence-electron chi connectivity index (χ1n) is 5.95. The van der Waals surface area contributed by atoms with Gasteiger partial charge in [-0.1, -0.05) is 12.1 Å². The number of hydrogen-bond acceptors (Lipinski definition) is 2. The predicted octanol–water partition coefficient (Wildman–Crippen LogP) is 1.10. The van der Waals surface area contributed by atoms with Gasteiger partial charge >= 0.3 is 11.8 Å². The van der Waals surface area contributed by atoms with E-state index in [-0.39, 0.29) is 0 Å². The lowest BCUT2D eigenvalue weighted by Gasteiger charge is -2.17. The summed E-state index contributed by atoms with van der Waals surface area (Å²) in [7, 11) is 1.59. The Kier molecular flexibility index (Phi) is 4.48. The normalized spacial score (nSPS) is 10.2. The first kappa shape index (κ1) is 14.2. The average molecular weight is 248 g/mol. The third-order valence-electron chi connectivity index (χ3n) is 3.44. The van der Waals surface area contributed by atoms with Gasteiger partial charge in [-0.2, -0.15) is 0 Å². The molecule has 2 N–H and O–H groups in total. The van der Waals surface area contributed by atoms with E-state index in [1.54, 1.807) is 7.05 Å². The van der Waals surface area contributed by atoms with E-state index in [0.29, 0.717) is 6.54 Å². The van der Waals surface area contributed by atoms with Crippen molar-refractivity contribution in [3.8, 4) is 0 Å². The van der Waals surface area contributed by atoms with Crippen molar-refractivity contribution in [3.63, 3.8) is 0 Å². The smallest absolute Gasteiger partial charge is 0.311 e. The molecular formula is C14H20N2O2. The van der Waals surface area contributed by atoms with Crippen LogP contribution in [0.25, 0.3) is 0 Å². The minimum Gasteiger partial charge on any atom is -0.361 e. The number of primary amides is 1. The van der Waals surface area contributed by atoms with Gasteiger partial charge in [0, 0.05) is 13.6 Å². The summed E-state index contributed by atoms with van der Waals surface area (Å²) in [5, 5.41) is 0. The van der Waals surface area contributed by atoms with Crippen molar-refractivity contribution in [2.24, 2.45) is 5.73 Å². The third kappa shape index (κ3) is 3.09. The van der Waals surface area contributed by atoms with Crippen molar-refractivity contribution >= 4 is 11.8 Å². The van der Waals surface area contributed by atoms with E-state index in [4.69, 9.17) is 5.73 Å². The SMILES string of the molecule is Cc1ccc(CCN(C)C(=O)C(N)=O)c(C)c1C. The van der Waals surface area contributed by atoms with Crippen LogP contribution in [0.15, 0.2) is 12.1 Å². The minimum absolute atomic E-state index is 0.491. The highest BCUT2D eigenvalue weighted by atomic mass is 16.2. The van der Waals surface area contributed by atoms with E-state index >= 15 is 0 Å². The molecule has 1 rings (SSSR count). The molecule has 4 nitrogen and oxygen atoms in total. The highest BCUT2D eigenvalue weighted by Gasteiger charge is 2.14. The molecule has 98 valence electrons. The molecule has 0 saturated carbocycles. The summed E-state index contributed by atoms with van der Waals surface area (Å²) in [6, 6.07) is 4.15. The molecule has 0 atom stereocenters. The number of aryl methyl sites for hydroxylation is 1. The van der Waals surface area contributed by atoms with Crippen LogP contribution >= 0.6 is 0 Å². The van der Waals surface area contributed by atoms with Gasteiger partial charge in [0.05, 0.1) is 0 Å². The van der Waals surface area contributed by atoms with Gasteiger partial charge in [0.1, 0.15) is 0 Å². The number of carbonyl (C=O) groups excluding carboxylic acids is 2. The van der Waals surface area contributed by atoms with Crippen LogP contribution in [0.5, 0.6) is 0 Å². The zero-order valence-corrected chi connectivity index (χ0v) is 11.4. The van der Waals surface area contributed by atoms with Gasteiger partial charge in [0.15, 0.2) is 0 Å². The molecule has 0 spiro atoms. The number of amides is 2. The molecule has 2 amide bonds. The van der Waals surface area contributed by atoms with Crippen LogP contribution < -0.4 is 5.73 Å². The lowest BCUT2D eigenvalue weighted by Crippen LogP contribution is -2.38. The molecule has 1 aromatic carbocycles. The maximum atomic E-state index is 11.3. The summed E-state index contributed by atoms with van der Waals surface area (Å²) in [5.41, 5.74) is 9.93. The van der Waals surface area contributed by atoms with Crippen molar-refractivity contribution in [2.45, 2.75) is 27.2 Å². The van der Waals surface area contributed by atoms with Crippen molar-refractivity contribution in [1.29, 1.82) is 0 Å². The average Bonchev–Trinajstić information content (AvgIpc) is 2.33. The van der Waals surface area contributed by atoms with E-state index in [1.165, 1.54) is 27.2 Å². The number of likely N-dealkylation sites (N-methyl/N-ethyl adjacent to an activating group) is 1. The second kappa shape index (κ2) is 5.67. The summed E-state index contributed by atoms with van der Waals surface area (Å²) in [5.74, 6) is -1.55. The fraction of sp³-hybridized carbons (Fsp3) is 0.429. The van der Waals surface area contributed by atoms with Crippen LogP contribution in [0, 0.1) is 20.8 Å². The number of hydrogen-bond donors (Lipinski definition) is 1. The molecule has 0 aliphatic carbocycles. The molecule has 18 heavy (non-hydrogen) atoms. The summed E-state index contributed by atoms with van der Waals surface area (Å²) in [4.78, 5) is 23.4. The zero-order valence-electron chi connectivity index (χ0n) is 11.4. The van der Waals surface area contributed by atoms with Gasteiger partial charge in [-0.3, -0.25) is 9.59 Å². The molecule has 0 radical (unpaired) electrons. The number of benzene rings is 1. The Morgan fingerprint density at radius 3 is 2.33 bits per heavy atom. The maximum Gasteiger partial charge on any atom is 0.311 e. The van der Waals surface area contributed by atoms with Crippen molar-refractivity contribution in [3.05, 3.63) is 34.4 Å². The van der Waals surface area contributed by atoms with Crippen LogP contribution in [0.4, 0.5) is 0 Å². The van der Waals surface area contributed by atoms with Gasteiger partial charge in [0.25, 0.3) is 0 Å². The van der Waals surface area contributed by atoms with Gasteiger partial charge in [-0.05, 0) is 49.4 Å². The predicted molar refractivity (Wildman–Crippen MR) is 71.2 cm³/mol. The van der Waals surface area contributed by atoms with Gasteiger partial charge in [-0.25, -0.2) is 0 Å². The number of carbonyl (C=O) groups is 2. The minimum atomic E-state index is -0.908. The summed E-state index contributed by atoms with van der Waals surface area (Å²) >= 11 is 0. The van der Waals surface area contributed by atoms with E-state index in [9.17, 15) is 9.59 Å². The zero-order chi connectivity index (χ0) is 13.9. The second-order valence-electron chi connectivity index (χ2n) is 4.63. The van der Waals surface area contributed by atoms with E-state index in [2.05, 4.69) is 32.9 Å². The van der Waals surface area contributed by atoms with Gasteiger partial charge in [0.2, 0.25) is 0 Å². The van der Waals surface area contributed by atoms with Crippen molar-refractivity contribution in [1.82, 2.24) is 4.90 Å². The molecular weight excluding hydrogens is 228 g/mol. The number of nitrogens with two attached hydrogens (primary N) is 1. The first-order chi connectivity index (χ1) is 8.34. The third-order valence-corrected chi connectivity index (χ3v) is 3.44. The molecule has 0 aromatic heterocycles. The molecule has 0 unspecified atom stereocenters. The topological polar surface area (TPSA) is 63.4 Å². The monoisotopic (exact) mass is 248 g/mol. The van der Waals surface area contributed by atoms with Crippen LogP contribution in [0.3, 0.4) is 0 Å². The highest BCUT2D eigenvalue weighted by Crippen LogP contribution is 2.17. The lowest BCUT2D eigenvalue weighted by molar-refractivity contribution is -0.143. The number of rotatable bonds is 3. The highest BCUT2D eigenvalue weighted by molar-refractivity contribution is 6.34. The summed E-state index contributed by atoms with van der Waals surface area (Å²) in [6.07, 6.45) is 0.725. The quantitative estimate of drug-likeness (QED) is 0.814. The van der Waals surface area contributed by atoms with Crippen LogP contribution in [-0.4, -0.2) is 30.3 Å². The molecule has 0 heterocycles.